The van der Waals surface area contributed by atoms with Gasteiger partial charge in [-0.05, 0) is 49.4 Å². The third-order valence-electron chi connectivity index (χ3n) is 5.40. The van der Waals surface area contributed by atoms with E-state index in [1.807, 2.05) is 6.92 Å². The second kappa shape index (κ2) is 10.5. The fourth-order valence-corrected chi connectivity index (χ4v) is 5.21. The number of amides is 1. The molecule has 0 aromatic heterocycles. The van der Waals surface area contributed by atoms with Crippen LogP contribution in [0.5, 0.6) is 17.2 Å². The van der Waals surface area contributed by atoms with Crippen molar-refractivity contribution in [3.8, 4) is 17.2 Å². The molecular formula is C25H25ClN2O6S. The van der Waals surface area contributed by atoms with Gasteiger partial charge in [-0.25, -0.2) is 8.42 Å². The van der Waals surface area contributed by atoms with Crippen molar-refractivity contribution in [1.82, 2.24) is 5.32 Å². The van der Waals surface area contributed by atoms with Gasteiger partial charge in [0, 0.05) is 11.1 Å². The standard InChI is InChI=1S/C25H25ClN2O6S/c1-17-6-9-21(10-7-17)35(30,31)28-16-24(34-23-11-8-18(26)14-22(23)28)25(29)27-12-13-33-20-5-3-4-19(15-20)32-2/h3-11,14-15,24H,12-13,16H2,1-2H3,(H,27,29). The summed E-state index contributed by atoms with van der Waals surface area (Å²) in [6.45, 7) is 2.09. The second-order valence-electron chi connectivity index (χ2n) is 7.89. The van der Waals surface area contributed by atoms with Gasteiger partial charge in [0.15, 0.2) is 6.10 Å². The monoisotopic (exact) mass is 516 g/mol. The summed E-state index contributed by atoms with van der Waals surface area (Å²) >= 11 is 6.13. The van der Waals surface area contributed by atoms with E-state index in [1.54, 1.807) is 55.6 Å². The summed E-state index contributed by atoms with van der Waals surface area (Å²) in [6, 6.07) is 18.3. The second-order valence-corrected chi connectivity index (χ2v) is 10.2. The van der Waals surface area contributed by atoms with Crippen LogP contribution in [-0.4, -0.2) is 47.2 Å². The Hall–Kier alpha value is -3.43. The maximum absolute atomic E-state index is 13.5. The molecule has 3 aromatic rings. The van der Waals surface area contributed by atoms with Gasteiger partial charge in [-0.3, -0.25) is 9.10 Å². The van der Waals surface area contributed by atoms with Crippen LogP contribution in [0.2, 0.25) is 5.02 Å². The minimum atomic E-state index is -3.97. The molecule has 1 aliphatic heterocycles. The Kier molecular flexibility index (Phi) is 7.37. The van der Waals surface area contributed by atoms with Crippen LogP contribution in [0.15, 0.2) is 71.6 Å². The quantitative estimate of drug-likeness (QED) is 0.458. The minimum Gasteiger partial charge on any atom is -0.497 e. The van der Waals surface area contributed by atoms with E-state index in [1.165, 1.54) is 22.5 Å². The number of nitrogens with one attached hydrogen (secondary N) is 1. The van der Waals surface area contributed by atoms with Crippen molar-refractivity contribution < 1.29 is 27.4 Å². The van der Waals surface area contributed by atoms with Crippen LogP contribution in [0.3, 0.4) is 0 Å². The normalized spacial score (nSPS) is 15.1. The van der Waals surface area contributed by atoms with Gasteiger partial charge in [0.25, 0.3) is 15.9 Å². The topological polar surface area (TPSA) is 94.2 Å². The van der Waals surface area contributed by atoms with Crippen LogP contribution >= 0.6 is 11.6 Å². The fourth-order valence-electron chi connectivity index (χ4n) is 3.57. The fraction of sp³-hybridized carbons (Fsp3) is 0.240. The zero-order chi connectivity index (χ0) is 25.0. The van der Waals surface area contributed by atoms with Gasteiger partial charge in [-0.1, -0.05) is 35.4 Å². The summed E-state index contributed by atoms with van der Waals surface area (Å²) < 4.78 is 44.8. The lowest BCUT2D eigenvalue weighted by atomic mass is 10.2. The number of rotatable bonds is 8. The number of benzene rings is 3. The number of aryl methyl sites for hydroxylation is 1. The van der Waals surface area contributed by atoms with E-state index in [2.05, 4.69) is 5.32 Å². The predicted molar refractivity (Wildman–Crippen MR) is 133 cm³/mol. The van der Waals surface area contributed by atoms with Crippen LogP contribution in [0.1, 0.15) is 5.56 Å². The van der Waals surface area contributed by atoms with Crippen molar-refractivity contribution in [2.45, 2.75) is 17.9 Å². The molecule has 1 amide bonds. The third kappa shape index (κ3) is 5.63. The maximum Gasteiger partial charge on any atom is 0.264 e. The van der Waals surface area contributed by atoms with Crippen molar-refractivity contribution in [3.05, 3.63) is 77.3 Å². The molecule has 1 heterocycles. The average molecular weight is 517 g/mol. The highest BCUT2D eigenvalue weighted by Crippen LogP contribution is 2.38. The Morgan fingerprint density at radius 3 is 2.60 bits per heavy atom. The van der Waals surface area contributed by atoms with Crippen LogP contribution < -0.4 is 23.8 Å². The molecule has 0 radical (unpaired) electrons. The van der Waals surface area contributed by atoms with Gasteiger partial charge in [-0.15, -0.1) is 0 Å². The number of carbonyl (C=O) groups excluding carboxylic acids is 1. The SMILES string of the molecule is COc1cccc(OCCNC(=O)C2CN(S(=O)(=O)c3ccc(C)cc3)c3cc(Cl)ccc3O2)c1. The lowest BCUT2D eigenvalue weighted by Crippen LogP contribution is -2.51. The molecule has 0 spiro atoms. The molecule has 1 N–H and O–H groups in total. The average Bonchev–Trinajstić information content (AvgIpc) is 2.86. The molecule has 184 valence electrons. The van der Waals surface area contributed by atoms with E-state index in [9.17, 15) is 13.2 Å². The number of hydrogen-bond acceptors (Lipinski definition) is 6. The summed E-state index contributed by atoms with van der Waals surface area (Å²) in [7, 11) is -2.40. The number of sulfonamides is 1. The maximum atomic E-state index is 13.5. The molecular weight excluding hydrogens is 492 g/mol. The molecule has 0 bridgehead atoms. The number of carbonyl (C=O) groups is 1. The van der Waals surface area contributed by atoms with E-state index < -0.39 is 22.0 Å². The number of anilines is 1. The molecule has 10 heteroatoms. The van der Waals surface area contributed by atoms with Gasteiger partial charge in [0.05, 0.1) is 30.8 Å². The first-order chi connectivity index (χ1) is 16.8. The van der Waals surface area contributed by atoms with Gasteiger partial charge in [0.2, 0.25) is 0 Å². The predicted octanol–water partition coefficient (Wildman–Crippen LogP) is 3.81. The molecule has 1 atom stereocenters. The highest BCUT2D eigenvalue weighted by atomic mass is 35.5. The van der Waals surface area contributed by atoms with E-state index in [0.717, 1.165) is 5.56 Å². The minimum absolute atomic E-state index is 0.113. The first-order valence-electron chi connectivity index (χ1n) is 10.9. The zero-order valence-corrected chi connectivity index (χ0v) is 20.8. The summed E-state index contributed by atoms with van der Waals surface area (Å²) in [5.41, 5.74) is 1.21. The lowest BCUT2D eigenvalue weighted by molar-refractivity contribution is -0.127. The Bertz CT molecular complexity index is 1310. The number of halogens is 1. The van der Waals surface area contributed by atoms with E-state index in [0.29, 0.717) is 16.5 Å². The lowest BCUT2D eigenvalue weighted by Gasteiger charge is -2.34. The molecule has 4 rings (SSSR count). The van der Waals surface area contributed by atoms with Crippen molar-refractivity contribution in [2.24, 2.45) is 0 Å². The Morgan fingerprint density at radius 1 is 1.11 bits per heavy atom. The summed E-state index contributed by atoms with van der Waals surface area (Å²) in [5, 5.41) is 3.10. The molecule has 1 unspecified atom stereocenters. The highest BCUT2D eigenvalue weighted by molar-refractivity contribution is 7.92. The number of nitrogens with zero attached hydrogens (tertiary/aromatic N) is 1. The number of fused-ring (bicyclic) bond motifs is 1. The van der Waals surface area contributed by atoms with Crippen molar-refractivity contribution in [3.63, 3.8) is 0 Å². The Morgan fingerprint density at radius 2 is 1.86 bits per heavy atom. The molecule has 1 aliphatic rings. The molecule has 0 fully saturated rings. The van der Waals surface area contributed by atoms with Crippen LogP contribution in [0.25, 0.3) is 0 Å². The summed E-state index contributed by atoms with van der Waals surface area (Å²) in [4.78, 5) is 13.0. The summed E-state index contributed by atoms with van der Waals surface area (Å²) in [5.74, 6) is 1.07. The largest absolute Gasteiger partial charge is 0.497 e. The molecule has 35 heavy (non-hydrogen) atoms. The smallest absolute Gasteiger partial charge is 0.264 e. The zero-order valence-electron chi connectivity index (χ0n) is 19.2. The first-order valence-corrected chi connectivity index (χ1v) is 12.7. The van der Waals surface area contributed by atoms with Gasteiger partial charge >= 0.3 is 0 Å². The molecule has 3 aromatic carbocycles. The Balaban J connectivity index is 1.47. The molecule has 0 saturated carbocycles. The highest BCUT2D eigenvalue weighted by Gasteiger charge is 2.37. The molecule has 0 aliphatic carbocycles. The van der Waals surface area contributed by atoms with Crippen LogP contribution in [-0.2, 0) is 14.8 Å². The van der Waals surface area contributed by atoms with Crippen molar-refractivity contribution >= 4 is 33.2 Å². The van der Waals surface area contributed by atoms with E-state index in [4.69, 9.17) is 25.8 Å². The van der Waals surface area contributed by atoms with Crippen molar-refractivity contribution in [2.75, 3.05) is 31.1 Å². The van der Waals surface area contributed by atoms with E-state index >= 15 is 0 Å². The number of hydrogen-bond donors (Lipinski definition) is 1. The van der Waals surface area contributed by atoms with Gasteiger partial charge < -0.3 is 19.5 Å². The Labute approximate surface area is 209 Å². The summed E-state index contributed by atoms with van der Waals surface area (Å²) in [6.07, 6.45) is -1.05. The van der Waals surface area contributed by atoms with Crippen molar-refractivity contribution in [1.29, 1.82) is 0 Å². The van der Waals surface area contributed by atoms with Crippen LogP contribution in [0.4, 0.5) is 5.69 Å². The third-order valence-corrected chi connectivity index (χ3v) is 7.43. The van der Waals surface area contributed by atoms with Gasteiger partial charge in [0.1, 0.15) is 23.9 Å². The molecule has 0 saturated heterocycles. The van der Waals surface area contributed by atoms with Crippen LogP contribution in [0, 0.1) is 6.92 Å². The first kappa shape index (κ1) is 24.7. The molecule has 8 nitrogen and oxygen atoms in total. The van der Waals surface area contributed by atoms with E-state index in [-0.39, 0.29) is 36.0 Å². The number of ether oxygens (including phenoxy) is 3. The number of methoxy groups -OCH3 is 1. The van der Waals surface area contributed by atoms with Gasteiger partial charge in [-0.2, -0.15) is 0 Å².